The van der Waals surface area contributed by atoms with E-state index in [2.05, 4.69) is 40.3 Å². The maximum atomic E-state index is 13.1. The number of aromatic nitrogens is 2. The molecule has 0 radical (unpaired) electrons. The molecule has 136 valence electrons. The van der Waals surface area contributed by atoms with Crippen molar-refractivity contribution in [2.75, 3.05) is 24.5 Å². The van der Waals surface area contributed by atoms with E-state index in [9.17, 15) is 8.42 Å². The zero-order valence-corrected chi connectivity index (χ0v) is 15.5. The topological polar surface area (TPSA) is 79.5 Å². The fourth-order valence-electron chi connectivity index (χ4n) is 3.46. The first-order valence-corrected chi connectivity index (χ1v) is 9.95. The molecule has 1 aliphatic rings. The Bertz CT molecular complexity index is 1050. The molecule has 26 heavy (non-hydrogen) atoms. The molecule has 3 aromatic rings. The maximum Gasteiger partial charge on any atom is 0.245 e. The van der Waals surface area contributed by atoms with Crippen molar-refractivity contribution in [3.63, 3.8) is 0 Å². The number of nitrogens with zero attached hydrogens (tertiary/aromatic N) is 4. The predicted molar refractivity (Wildman–Crippen MR) is 98.5 cm³/mol. The smallest absolute Gasteiger partial charge is 0.245 e. The second-order valence-electron chi connectivity index (χ2n) is 6.63. The van der Waals surface area contributed by atoms with Gasteiger partial charge in [-0.05, 0) is 54.0 Å². The van der Waals surface area contributed by atoms with Crippen molar-refractivity contribution in [1.29, 1.82) is 0 Å². The van der Waals surface area contributed by atoms with E-state index < -0.39 is 10.0 Å². The molecule has 0 saturated carbocycles. The Labute approximate surface area is 152 Å². The van der Waals surface area contributed by atoms with Gasteiger partial charge in [-0.25, -0.2) is 13.0 Å². The summed E-state index contributed by atoms with van der Waals surface area (Å²) in [4.78, 5) is 2.39. The summed E-state index contributed by atoms with van der Waals surface area (Å²) in [5.41, 5.74) is 3.03. The minimum Gasteiger partial charge on any atom is -0.366 e. The van der Waals surface area contributed by atoms with Crippen LogP contribution in [-0.4, -0.2) is 48.7 Å². The van der Waals surface area contributed by atoms with E-state index in [1.807, 2.05) is 13.0 Å². The van der Waals surface area contributed by atoms with Crippen LogP contribution in [0.3, 0.4) is 0 Å². The highest BCUT2D eigenvalue weighted by atomic mass is 32.2. The third kappa shape index (κ3) is 2.85. The summed E-state index contributed by atoms with van der Waals surface area (Å²) in [6.07, 6.45) is 0. The normalized spacial score (nSPS) is 19.2. The van der Waals surface area contributed by atoms with E-state index in [0.29, 0.717) is 25.2 Å². The van der Waals surface area contributed by atoms with Gasteiger partial charge >= 0.3 is 0 Å². The van der Waals surface area contributed by atoms with Gasteiger partial charge in [0.15, 0.2) is 5.52 Å². The Morgan fingerprint density at radius 2 is 1.92 bits per heavy atom. The molecule has 1 fully saturated rings. The van der Waals surface area contributed by atoms with Gasteiger partial charge in [0.05, 0.1) is 0 Å². The summed E-state index contributed by atoms with van der Waals surface area (Å²) in [6, 6.07) is 13.2. The Balaban J connectivity index is 1.61. The first-order valence-electron chi connectivity index (χ1n) is 8.51. The molecule has 1 atom stereocenters. The van der Waals surface area contributed by atoms with E-state index in [0.717, 1.165) is 5.69 Å². The molecule has 7 nitrogen and oxygen atoms in total. The summed E-state index contributed by atoms with van der Waals surface area (Å²) >= 11 is 0. The molecule has 2 heterocycles. The number of sulfonamides is 1. The van der Waals surface area contributed by atoms with Gasteiger partial charge in [-0.3, -0.25) is 0 Å². The second-order valence-corrected chi connectivity index (χ2v) is 8.54. The number of fused-ring (bicyclic) bond motifs is 1. The van der Waals surface area contributed by atoms with Crippen LogP contribution in [0.2, 0.25) is 0 Å². The number of benzene rings is 2. The van der Waals surface area contributed by atoms with Crippen molar-refractivity contribution >= 4 is 26.7 Å². The second kappa shape index (κ2) is 6.37. The lowest BCUT2D eigenvalue weighted by atomic mass is 10.1. The highest BCUT2D eigenvalue weighted by Crippen LogP contribution is 2.27. The van der Waals surface area contributed by atoms with Crippen LogP contribution in [0.15, 0.2) is 52.0 Å². The van der Waals surface area contributed by atoms with Gasteiger partial charge in [0.1, 0.15) is 10.4 Å². The highest BCUT2D eigenvalue weighted by molar-refractivity contribution is 7.89. The zero-order valence-electron chi connectivity index (χ0n) is 14.7. The molecule has 0 aliphatic carbocycles. The van der Waals surface area contributed by atoms with E-state index in [1.54, 1.807) is 18.2 Å². The first-order chi connectivity index (χ1) is 12.5. The number of piperazine rings is 1. The number of hydrogen-bond donors (Lipinski definition) is 0. The average Bonchev–Trinajstić information content (AvgIpc) is 3.10. The molecular formula is C18H20N4O3S. The predicted octanol–water partition coefficient (Wildman–Crippen LogP) is 2.43. The van der Waals surface area contributed by atoms with Crippen molar-refractivity contribution in [2.45, 2.75) is 24.8 Å². The molecule has 1 aromatic heterocycles. The minimum atomic E-state index is -3.66. The van der Waals surface area contributed by atoms with E-state index >= 15 is 0 Å². The van der Waals surface area contributed by atoms with Gasteiger partial charge in [0, 0.05) is 31.4 Å². The molecule has 0 unspecified atom stereocenters. The lowest BCUT2D eigenvalue weighted by molar-refractivity contribution is 0.314. The molecule has 0 spiro atoms. The van der Waals surface area contributed by atoms with Gasteiger partial charge in [-0.2, -0.15) is 4.31 Å². The number of hydrogen-bond acceptors (Lipinski definition) is 6. The van der Waals surface area contributed by atoms with Crippen molar-refractivity contribution < 1.29 is 13.0 Å². The van der Waals surface area contributed by atoms with Crippen molar-refractivity contribution in [1.82, 2.24) is 14.6 Å². The number of aryl methyl sites for hydroxylation is 1. The van der Waals surface area contributed by atoms with Crippen LogP contribution in [0.4, 0.5) is 5.69 Å². The summed E-state index contributed by atoms with van der Waals surface area (Å²) < 4.78 is 32.5. The van der Waals surface area contributed by atoms with Gasteiger partial charge in [0.2, 0.25) is 10.0 Å². The largest absolute Gasteiger partial charge is 0.366 e. The number of anilines is 1. The molecule has 1 aliphatic heterocycles. The summed E-state index contributed by atoms with van der Waals surface area (Å²) in [5.74, 6) is 0. The Hall–Kier alpha value is -2.45. The average molecular weight is 372 g/mol. The maximum absolute atomic E-state index is 13.1. The molecule has 2 aromatic carbocycles. The molecular weight excluding hydrogens is 352 g/mol. The van der Waals surface area contributed by atoms with E-state index in [4.69, 9.17) is 4.63 Å². The van der Waals surface area contributed by atoms with E-state index in [1.165, 1.54) is 9.87 Å². The number of rotatable bonds is 3. The van der Waals surface area contributed by atoms with Crippen molar-refractivity contribution in [2.24, 2.45) is 0 Å². The van der Waals surface area contributed by atoms with Crippen molar-refractivity contribution in [3.05, 3.63) is 48.0 Å². The fourth-order valence-corrected chi connectivity index (χ4v) is 5.11. The quantitative estimate of drug-likeness (QED) is 0.703. The Kier molecular flexibility index (Phi) is 4.16. The highest BCUT2D eigenvalue weighted by Gasteiger charge is 2.34. The third-order valence-corrected chi connectivity index (χ3v) is 6.69. The minimum absolute atomic E-state index is 0.0648. The monoisotopic (exact) mass is 372 g/mol. The molecule has 8 heteroatoms. The van der Waals surface area contributed by atoms with Gasteiger partial charge in [-0.1, -0.05) is 18.2 Å². The van der Waals surface area contributed by atoms with E-state index in [-0.39, 0.29) is 16.5 Å². The molecule has 0 N–H and O–H groups in total. The molecule has 0 bridgehead atoms. The van der Waals surface area contributed by atoms with Crippen molar-refractivity contribution in [3.8, 4) is 0 Å². The Morgan fingerprint density at radius 1 is 1.12 bits per heavy atom. The molecule has 0 amide bonds. The summed E-state index contributed by atoms with van der Waals surface area (Å²) in [6.45, 7) is 5.57. The Morgan fingerprint density at radius 3 is 2.69 bits per heavy atom. The lowest BCUT2D eigenvalue weighted by Gasteiger charge is -2.40. The van der Waals surface area contributed by atoms with Crippen LogP contribution in [0.5, 0.6) is 0 Å². The molecule has 1 saturated heterocycles. The lowest BCUT2D eigenvalue weighted by Crippen LogP contribution is -2.53. The van der Waals surface area contributed by atoms with Crippen LogP contribution in [0.25, 0.3) is 11.0 Å². The van der Waals surface area contributed by atoms with Crippen LogP contribution in [0.1, 0.15) is 12.5 Å². The van der Waals surface area contributed by atoms with Gasteiger partial charge < -0.3 is 4.90 Å². The summed E-state index contributed by atoms with van der Waals surface area (Å²) in [7, 11) is -3.66. The summed E-state index contributed by atoms with van der Waals surface area (Å²) in [5, 5.41) is 7.50. The standard InChI is InChI=1S/C18H20N4O3S/c1-13-5-3-6-15(11-13)22-10-9-21(12-14(22)2)26(23,24)17-8-4-7-16-18(17)20-25-19-16/h3-8,11,14H,9-10,12H2,1-2H3/t14-/m0/s1. The third-order valence-electron chi connectivity index (χ3n) is 4.79. The molecule has 4 rings (SSSR count). The van der Waals surface area contributed by atoms with Gasteiger partial charge in [-0.15, -0.1) is 0 Å². The van der Waals surface area contributed by atoms with Crippen LogP contribution in [-0.2, 0) is 10.0 Å². The SMILES string of the molecule is Cc1cccc(N2CCN(S(=O)(=O)c3cccc4nonc34)C[C@@H]2C)c1. The van der Waals surface area contributed by atoms with Crippen LogP contribution >= 0.6 is 0 Å². The zero-order chi connectivity index (χ0) is 18.3. The van der Waals surface area contributed by atoms with Crippen LogP contribution in [0, 0.1) is 6.92 Å². The van der Waals surface area contributed by atoms with Crippen LogP contribution < -0.4 is 4.90 Å². The van der Waals surface area contributed by atoms with Gasteiger partial charge in [0.25, 0.3) is 0 Å². The fraction of sp³-hybridized carbons (Fsp3) is 0.333. The first kappa shape index (κ1) is 17.0.